The summed E-state index contributed by atoms with van der Waals surface area (Å²) in [7, 11) is 0. The molecule has 1 heterocycles. The highest BCUT2D eigenvalue weighted by molar-refractivity contribution is 5.89. The number of carbonyl (C=O) groups excluding carboxylic acids is 1. The second kappa shape index (κ2) is 5.63. The van der Waals surface area contributed by atoms with E-state index in [0.29, 0.717) is 25.5 Å². The third-order valence-corrected chi connectivity index (χ3v) is 2.49. The van der Waals surface area contributed by atoms with Crippen LogP contribution in [0.2, 0.25) is 0 Å². The second-order valence-electron chi connectivity index (χ2n) is 3.66. The van der Waals surface area contributed by atoms with Crippen LogP contribution < -0.4 is 0 Å². The Labute approximate surface area is 94.8 Å². The van der Waals surface area contributed by atoms with E-state index in [0.717, 1.165) is 13.1 Å². The maximum Gasteiger partial charge on any atom is 0.339 e. The second-order valence-corrected chi connectivity index (χ2v) is 3.66. The van der Waals surface area contributed by atoms with E-state index >= 15 is 0 Å². The number of esters is 1. The standard InChI is InChI=1S/C12H15NO3/c14-12(11-4-2-1-3-5-11)16-10-13-6-8-15-9-7-13/h1-5H,6-10H2. The average Bonchev–Trinajstić information content (AvgIpc) is 2.38. The van der Waals surface area contributed by atoms with Crippen molar-refractivity contribution in [1.82, 2.24) is 4.90 Å². The Kier molecular flexibility index (Phi) is 3.91. The van der Waals surface area contributed by atoms with Gasteiger partial charge in [-0.1, -0.05) is 18.2 Å². The Bertz CT molecular complexity index is 333. The van der Waals surface area contributed by atoms with Crippen molar-refractivity contribution in [2.24, 2.45) is 0 Å². The molecule has 0 bridgehead atoms. The first-order valence-electron chi connectivity index (χ1n) is 5.38. The Morgan fingerprint density at radius 2 is 1.94 bits per heavy atom. The van der Waals surface area contributed by atoms with Crippen molar-refractivity contribution >= 4 is 5.97 Å². The van der Waals surface area contributed by atoms with E-state index in [-0.39, 0.29) is 5.97 Å². The first-order chi connectivity index (χ1) is 7.86. The molecule has 0 N–H and O–H groups in total. The van der Waals surface area contributed by atoms with Gasteiger partial charge in [0.25, 0.3) is 0 Å². The van der Waals surface area contributed by atoms with Gasteiger partial charge in [0.2, 0.25) is 0 Å². The molecule has 1 aromatic carbocycles. The summed E-state index contributed by atoms with van der Waals surface area (Å²) in [6.45, 7) is 3.41. The molecule has 1 aromatic rings. The fourth-order valence-corrected chi connectivity index (χ4v) is 1.54. The molecule has 1 saturated heterocycles. The average molecular weight is 221 g/mol. The summed E-state index contributed by atoms with van der Waals surface area (Å²) in [6, 6.07) is 9.03. The van der Waals surface area contributed by atoms with E-state index in [1.807, 2.05) is 18.2 Å². The minimum absolute atomic E-state index is 0.271. The minimum atomic E-state index is -0.271. The number of nitrogens with zero attached hydrogens (tertiary/aromatic N) is 1. The maximum absolute atomic E-state index is 11.6. The molecule has 1 aliphatic heterocycles. The third-order valence-electron chi connectivity index (χ3n) is 2.49. The van der Waals surface area contributed by atoms with Crippen molar-refractivity contribution in [2.75, 3.05) is 33.0 Å². The Balaban J connectivity index is 1.79. The van der Waals surface area contributed by atoms with Crippen molar-refractivity contribution in [3.05, 3.63) is 35.9 Å². The Morgan fingerprint density at radius 1 is 1.25 bits per heavy atom. The van der Waals surface area contributed by atoms with Crippen LogP contribution in [-0.2, 0) is 9.47 Å². The molecular formula is C12H15NO3. The molecular weight excluding hydrogens is 206 g/mol. The molecule has 0 radical (unpaired) electrons. The lowest BCUT2D eigenvalue weighted by atomic mass is 10.2. The van der Waals surface area contributed by atoms with Crippen molar-refractivity contribution < 1.29 is 14.3 Å². The van der Waals surface area contributed by atoms with Gasteiger partial charge in [0, 0.05) is 13.1 Å². The summed E-state index contributed by atoms with van der Waals surface area (Å²) in [4.78, 5) is 13.7. The van der Waals surface area contributed by atoms with E-state index in [4.69, 9.17) is 9.47 Å². The fourth-order valence-electron chi connectivity index (χ4n) is 1.54. The lowest BCUT2D eigenvalue weighted by Crippen LogP contribution is -2.38. The number of benzene rings is 1. The van der Waals surface area contributed by atoms with Crippen LogP contribution in [-0.4, -0.2) is 43.9 Å². The van der Waals surface area contributed by atoms with Gasteiger partial charge in [-0.05, 0) is 12.1 Å². The molecule has 0 unspecified atom stereocenters. The predicted octanol–water partition coefficient (Wildman–Crippen LogP) is 1.13. The molecule has 4 nitrogen and oxygen atoms in total. The highest BCUT2D eigenvalue weighted by Gasteiger charge is 2.13. The van der Waals surface area contributed by atoms with Gasteiger partial charge in [0.15, 0.2) is 0 Å². The SMILES string of the molecule is O=C(OCN1CCOCC1)c1ccccc1. The van der Waals surface area contributed by atoms with Crippen LogP contribution in [0.3, 0.4) is 0 Å². The molecule has 0 amide bonds. The van der Waals surface area contributed by atoms with E-state index in [9.17, 15) is 4.79 Å². The normalized spacial score (nSPS) is 17.0. The molecule has 0 atom stereocenters. The lowest BCUT2D eigenvalue weighted by molar-refractivity contribution is -0.0209. The number of carbonyl (C=O) groups is 1. The maximum atomic E-state index is 11.6. The molecule has 4 heteroatoms. The largest absolute Gasteiger partial charge is 0.446 e. The predicted molar refractivity (Wildman–Crippen MR) is 59.1 cm³/mol. The molecule has 0 spiro atoms. The summed E-state index contributed by atoms with van der Waals surface area (Å²) < 4.78 is 10.4. The van der Waals surface area contributed by atoms with Crippen LogP contribution >= 0.6 is 0 Å². The van der Waals surface area contributed by atoms with E-state index < -0.39 is 0 Å². The van der Waals surface area contributed by atoms with Gasteiger partial charge in [0.1, 0.15) is 6.73 Å². The quantitative estimate of drug-likeness (QED) is 0.717. The number of hydrogen-bond acceptors (Lipinski definition) is 4. The monoisotopic (exact) mass is 221 g/mol. The van der Waals surface area contributed by atoms with Crippen LogP contribution in [0.25, 0.3) is 0 Å². The fraction of sp³-hybridized carbons (Fsp3) is 0.417. The molecule has 1 aliphatic rings. The Hall–Kier alpha value is -1.39. The minimum Gasteiger partial charge on any atom is -0.446 e. The first kappa shape index (κ1) is 11.1. The summed E-state index contributed by atoms with van der Waals surface area (Å²) in [5, 5.41) is 0. The zero-order chi connectivity index (χ0) is 11.2. The van der Waals surface area contributed by atoms with Gasteiger partial charge in [-0.25, -0.2) is 4.79 Å². The van der Waals surface area contributed by atoms with Gasteiger partial charge in [-0.2, -0.15) is 0 Å². The molecule has 2 rings (SSSR count). The highest BCUT2D eigenvalue weighted by atomic mass is 16.5. The molecule has 1 fully saturated rings. The Morgan fingerprint density at radius 3 is 2.62 bits per heavy atom. The van der Waals surface area contributed by atoms with Crippen LogP contribution in [0.4, 0.5) is 0 Å². The van der Waals surface area contributed by atoms with Crippen LogP contribution in [0, 0.1) is 0 Å². The number of rotatable bonds is 3. The van der Waals surface area contributed by atoms with Crippen molar-refractivity contribution in [3.63, 3.8) is 0 Å². The van der Waals surface area contributed by atoms with Crippen LogP contribution in [0.5, 0.6) is 0 Å². The van der Waals surface area contributed by atoms with E-state index in [1.165, 1.54) is 0 Å². The lowest BCUT2D eigenvalue weighted by Gasteiger charge is -2.25. The summed E-state index contributed by atoms with van der Waals surface area (Å²) >= 11 is 0. The van der Waals surface area contributed by atoms with Crippen LogP contribution in [0.1, 0.15) is 10.4 Å². The molecule has 0 saturated carbocycles. The first-order valence-corrected chi connectivity index (χ1v) is 5.38. The van der Waals surface area contributed by atoms with E-state index in [2.05, 4.69) is 4.90 Å². The zero-order valence-corrected chi connectivity index (χ0v) is 9.09. The van der Waals surface area contributed by atoms with E-state index in [1.54, 1.807) is 12.1 Å². The van der Waals surface area contributed by atoms with Crippen LogP contribution in [0.15, 0.2) is 30.3 Å². The number of hydrogen-bond donors (Lipinski definition) is 0. The van der Waals surface area contributed by atoms with Crippen molar-refractivity contribution in [1.29, 1.82) is 0 Å². The summed E-state index contributed by atoms with van der Waals surface area (Å²) in [5.41, 5.74) is 0.593. The van der Waals surface area contributed by atoms with Gasteiger partial charge in [-0.3, -0.25) is 4.90 Å². The van der Waals surface area contributed by atoms with Crippen molar-refractivity contribution in [2.45, 2.75) is 0 Å². The summed E-state index contributed by atoms with van der Waals surface area (Å²) in [5.74, 6) is -0.271. The number of ether oxygens (including phenoxy) is 2. The topological polar surface area (TPSA) is 38.8 Å². The van der Waals surface area contributed by atoms with Gasteiger partial charge in [-0.15, -0.1) is 0 Å². The van der Waals surface area contributed by atoms with Gasteiger partial charge < -0.3 is 9.47 Å². The highest BCUT2D eigenvalue weighted by Crippen LogP contribution is 2.03. The zero-order valence-electron chi connectivity index (χ0n) is 9.09. The molecule has 0 aromatic heterocycles. The summed E-state index contributed by atoms with van der Waals surface area (Å²) in [6.07, 6.45) is 0. The molecule has 16 heavy (non-hydrogen) atoms. The van der Waals surface area contributed by atoms with Gasteiger partial charge in [0.05, 0.1) is 18.8 Å². The number of morpholine rings is 1. The van der Waals surface area contributed by atoms with Crippen molar-refractivity contribution in [3.8, 4) is 0 Å². The smallest absolute Gasteiger partial charge is 0.339 e. The molecule has 86 valence electrons. The van der Waals surface area contributed by atoms with Gasteiger partial charge >= 0.3 is 5.97 Å². The third kappa shape index (κ3) is 3.05. The molecule has 0 aliphatic carbocycles.